The van der Waals surface area contributed by atoms with Crippen molar-refractivity contribution in [2.24, 2.45) is 0 Å². The highest BCUT2D eigenvalue weighted by Crippen LogP contribution is 2.29. The van der Waals surface area contributed by atoms with Gasteiger partial charge in [-0.2, -0.15) is 0 Å². The molecule has 0 aromatic heterocycles. The fourth-order valence-electron chi connectivity index (χ4n) is 2.27. The molecular weight excluding hydrogens is 188 g/mol. The molecule has 88 valence electrons. The Bertz CT molecular complexity index is 211. The average molecular weight is 212 g/mol. The second-order valence-electron chi connectivity index (χ2n) is 4.50. The van der Waals surface area contributed by atoms with Crippen molar-refractivity contribution in [1.82, 2.24) is 0 Å². The van der Waals surface area contributed by atoms with Gasteiger partial charge in [0.25, 0.3) is 0 Å². The lowest BCUT2D eigenvalue weighted by Gasteiger charge is -2.30. The lowest BCUT2D eigenvalue weighted by molar-refractivity contribution is -0.00819. The molecule has 1 unspecified atom stereocenters. The van der Waals surface area contributed by atoms with Gasteiger partial charge in [-0.3, -0.25) is 0 Å². The van der Waals surface area contributed by atoms with Gasteiger partial charge in [-0.1, -0.05) is 25.8 Å². The highest BCUT2D eigenvalue weighted by atomic mass is 16.5. The zero-order valence-electron chi connectivity index (χ0n) is 10.1. The van der Waals surface area contributed by atoms with E-state index in [9.17, 15) is 5.11 Å². The molecule has 0 bridgehead atoms. The Morgan fingerprint density at radius 1 is 1.33 bits per heavy atom. The van der Waals surface area contributed by atoms with E-state index in [0.29, 0.717) is 6.61 Å². The molecule has 0 aliphatic heterocycles. The van der Waals surface area contributed by atoms with Crippen molar-refractivity contribution < 1.29 is 9.84 Å². The van der Waals surface area contributed by atoms with E-state index >= 15 is 0 Å². The second-order valence-corrected chi connectivity index (χ2v) is 4.50. The Morgan fingerprint density at radius 3 is 2.73 bits per heavy atom. The number of allylic oxidation sites excluding steroid dienone is 1. The summed E-state index contributed by atoms with van der Waals surface area (Å²) in [5.41, 5.74) is 0.484. The van der Waals surface area contributed by atoms with Gasteiger partial charge in [0.2, 0.25) is 0 Å². The fourth-order valence-corrected chi connectivity index (χ4v) is 2.27. The van der Waals surface area contributed by atoms with Crippen LogP contribution in [0.15, 0.2) is 11.6 Å². The minimum Gasteiger partial charge on any atom is -0.383 e. The molecule has 0 saturated heterocycles. The van der Waals surface area contributed by atoms with Crippen LogP contribution in [0.1, 0.15) is 51.9 Å². The summed E-state index contributed by atoms with van der Waals surface area (Å²) >= 11 is 0. The molecule has 1 rings (SSSR count). The molecule has 1 aliphatic rings. The zero-order valence-corrected chi connectivity index (χ0v) is 10.1. The summed E-state index contributed by atoms with van der Waals surface area (Å²) < 4.78 is 5.13. The van der Waals surface area contributed by atoms with Crippen LogP contribution in [0, 0.1) is 0 Å². The number of rotatable bonds is 4. The molecule has 0 fully saturated rings. The largest absolute Gasteiger partial charge is 0.383 e. The van der Waals surface area contributed by atoms with Gasteiger partial charge < -0.3 is 9.84 Å². The number of aliphatic hydroxyl groups is 1. The zero-order chi connectivity index (χ0) is 11.1. The van der Waals surface area contributed by atoms with Crippen molar-refractivity contribution in [1.29, 1.82) is 0 Å². The second kappa shape index (κ2) is 6.29. The molecule has 0 spiro atoms. The van der Waals surface area contributed by atoms with Gasteiger partial charge in [0, 0.05) is 7.11 Å². The minimum atomic E-state index is -0.716. The summed E-state index contributed by atoms with van der Waals surface area (Å²) in [6.07, 6.45) is 10.2. The van der Waals surface area contributed by atoms with E-state index in [-0.39, 0.29) is 0 Å². The van der Waals surface area contributed by atoms with Crippen LogP contribution >= 0.6 is 0 Å². The minimum absolute atomic E-state index is 0.426. The number of ether oxygens (including phenoxy) is 1. The van der Waals surface area contributed by atoms with Crippen LogP contribution in [0.3, 0.4) is 0 Å². The molecule has 2 heteroatoms. The number of hydrogen-bond donors (Lipinski definition) is 1. The van der Waals surface area contributed by atoms with E-state index in [2.05, 4.69) is 6.08 Å². The van der Waals surface area contributed by atoms with Crippen LogP contribution < -0.4 is 0 Å². The summed E-state index contributed by atoms with van der Waals surface area (Å²) in [7, 11) is 1.66. The molecule has 0 radical (unpaired) electrons. The molecule has 1 N–H and O–H groups in total. The third-order valence-corrected chi connectivity index (χ3v) is 3.36. The third-order valence-electron chi connectivity index (χ3n) is 3.36. The average Bonchev–Trinajstić information content (AvgIpc) is 2.17. The molecule has 0 aromatic rings. The highest BCUT2D eigenvalue weighted by molar-refractivity contribution is 5.17. The van der Waals surface area contributed by atoms with Gasteiger partial charge in [0.1, 0.15) is 5.60 Å². The smallest absolute Gasteiger partial charge is 0.109 e. The number of hydrogen-bond acceptors (Lipinski definition) is 2. The Kier molecular flexibility index (Phi) is 5.34. The summed E-state index contributed by atoms with van der Waals surface area (Å²) in [4.78, 5) is 0. The Balaban J connectivity index is 2.70. The molecule has 0 aromatic carbocycles. The lowest BCUT2D eigenvalue weighted by Crippen LogP contribution is -2.36. The van der Waals surface area contributed by atoms with E-state index in [4.69, 9.17) is 4.74 Å². The van der Waals surface area contributed by atoms with Crippen LogP contribution in [0.2, 0.25) is 0 Å². The maximum Gasteiger partial charge on any atom is 0.109 e. The van der Waals surface area contributed by atoms with Crippen LogP contribution in [-0.4, -0.2) is 24.4 Å². The standard InChI is InChI=1S/C13H24O2/c1-3-13(14,11-15-2)12-9-7-5-4-6-8-10-12/h9,14H,3-8,10-11H2,1-2H3. The van der Waals surface area contributed by atoms with Gasteiger partial charge in [-0.05, 0) is 37.7 Å². The van der Waals surface area contributed by atoms with Crippen molar-refractivity contribution in [3.05, 3.63) is 11.6 Å². The molecule has 0 saturated carbocycles. The summed E-state index contributed by atoms with van der Waals surface area (Å²) in [6.45, 7) is 2.45. The van der Waals surface area contributed by atoms with Crippen molar-refractivity contribution >= 4 is 0 Å². The van der Waals surface area contributed by atoms with E-state index in [1.54, 1.807) is 7.11 Å². The van der Waals surface area contributed by atoms with Crippen LogP contribution in [0.5, 0.6) is 0 Å². The first-order valence-corrected chi connectivity index (χ1v) is 6.14. The van der Waals surface area contributed by atoms with Crippen LogP contribution in [0.4, 0.5) is 0 Å². The molecule has 15 heavy (non-hydrogen) atoms. The van der Waals surface area contributed by atoms with E-state index in [0.717, 1.165) is 19.3 Å². The lowest BCUT2D eigenvalue weighted by atomic mass is 9.85. The Hall–Kier alpha value is -0.340. The molecule has 1 atom stereocenters. The van der Waals surface area contributed by atoms with E-state index < -0.39 is 5.60 Å². The highest BCUT2D eigenvalue weighted by Gasteiger charge is 2.29. The molecular formula is C13H24O2. The third kappa shape index (κ3) is 3.62. The predicted molar refractivity (Wildman–Crippen MR) is 62.9 cm³/mol. The van der Waals surface area contributed by atoms with Gasteiger partial charge in [0.05, 0.1) is 6.61 Å². The SMILES string of the molecule is CCC(O)(COC)C1=CCCCCCC1. The Labute approximate surface area is 93.3 Å². The quantitative estimate of drug-likeness (QED) is 0.726. The molecule has 0 amide bonds. The maximum atomic E-state index is 10.5. The maximum absolute atomic E-state index is 10.5. The van der Waals surface area contributed by atoms with Crippen molar-refractivity contribution in [2.45, 2.75) is 57.5 Å². The van der Waals surface area contributed by atoms with Crippen LogP contribution in [-0.2, 0) is 4.74 Å². The first-order valence-electron chi connectivity index (χ1n) is 6.14. The monoisotopic (exact) mass is 212 g/mol. The van der Waals surface area contributed by atoms with E-state index in [1.165, 1.54) is 31.3 Å². The summed E-state index contributed by atoms with van der Waals surface area (Å²) in [5.74, 6) is 0. The van der Waals surface area contributed by atoms with Gasteiger partial charge in [-0.15, -0.1) is 0 Å². The summed E-state index contributed by atoms with van der Waals surface area (Å²) in [5, 5.41) is 10.5. The number of methoxy groups -OCH3 is 1. The normalized spacial score (nSPS) is 22.5. The van der Waals surface area contributed by atoms with Crippen molar-refractivity contribution in [3.63, 3.8) is 0 Å². The van der Waals surface area contributed by atoms with Crippen molar-refractivity contribution in [2.75, 3.05) is 13.7 Å². The van der Waals surface area contributed by atoms with Gasteiger partial charge in [0.15, 0.2) is 0 Å². The summed E-state index contributed by atoms with van der Waals surface area (Å²) in [6, 6.07) is 0. The van der Waals surface area contributed by atoms with Gasteiger partial charge in [-0.25, -0.2) is 0 Å². The topological polar surface area (TPSA) is 29.5 Å². The fraction of sp³-hybridized carbons (Fsp3) is 0.846. The van der Waals surface area contributed by atoms with Gasteiger partial charge >= 0.3 is 0 Å². The Morgan fingerprint density at radius 2 is 2.07 bits per heavy atom. The molecule has 1 aliphatic carbocycles. The molecule has 2 nitrogen and oxygen atoms in total. The van der Waals surface area contributed by atoms with Crippen LogP contribution in [0.25, 0.3) is 0 Å². The first kappa shape index (κ1) is 12.7. The van der Waals surface area contributed by atoms with Crippen molar-refractivity contribution in [3.8, 4) is 0 Å². The first-order chi connectivity index (χ1) is 7.23. The van der Waals surface area contributed by atoms with E-state index in [1.807, 2.05) is 6.92 Å². The molecule has 0 heterocycles. The predicted octanol–water partition coefficient (Wildman–Crippen LogP) is 3.05.